The van der Waals surface area contributed by atoms with Crippen LogP contribution in [0, 0.1) is 5.92 Å². The van der Waals surface area contributed by atoms with E-state index in [1.807, 2.05) is 6.92 Å². The van der Waals surface area contributed by atoms with Crippen LogP contribution in [0.3, 0.4) is 0 Å². The second-order valence-electron chi connectivity index (χ2n) is 7.75. The maximum atomic E-state index is 12.4. The van der Waals surface area contributed by atoms with E-state index in [0.29, 0.717) is 5.92 Å². The number of hydrogen-bond acceptors (Lipinski definition) is 4. The van der Waals surface area contributed by atoms with Gasteiger partial charge in [-0.15, -0.1) is 0 Å². The molecule has 5 nitrogen and oxygen atoms in total. The predicted molar refractivity (Wildman–Crippen MR) is 95.9 cm³/mol. The number of carbonyl (C=O) groups is 1. The summed E-state index contributed by atoms with van der Waals surface area (Å²) in [6.07, 6.45) is 7.16. The van der Waals surface area contributed by atoms with Crippen molar-refractivity contribution in [2.24, 2.45) is 5.92 Å². The van der Waals surface area contributed by atoms with Crippen LogP contribution in [0.1, 0.15) is 65.2 Å². The molecule has 2 aliphatic rings. The van der Waals surface area contributed by atoms with Gasteiger partial charge in [0.25, 0.3) is 0 Å². The standard InChI is InChI=1S/C19H36N2O3/c1-3-24-13-7-11-21-12-8-17(16(2)15-21)20-18(22)14-19(23)9-5-4-6-10-19/h16-17,23H,3-15H2,1-2H3,(H,20,22). The Morgan fingerprint density at radius 1 is 1.33 bits per heavy atom. The van der Waals surface area contributed by atoms with Crippen molar-refractivity contribution in [2.45, 2.75) is 76.9 Å². The fourth-order valence-electron chi connectivity index (χ4n) is 4.13. The zero-order chi connectivity index (χ0) is 17.4. The molecule has 24 heavy (non-hydrogen) atoms. The Balaban J connectivity index is 1.69. The summed E-state index contributed by atoms with van der Waals surface area (Å²) < 4.78 is 5.40. The summed E-state index contributed by atoms with van der Waals surface area (Å²) in [5.74, 6) is 0.483. The third kappa shape index (κ3) is 6.34. The minimum atomic E-state index is -0.758. The van der Waals surface area contributed by atoms with Crippen LogP contribution >= 0.6 is 0 Å². The van der Waals surface area contributed by atoms with Crippen LogP contribution < -0.4 is 5.32 Å². The molecule has 0 aromatic heterocycles. The van der Waals surface area contributed by atoms with Crippen LogP contribution in [-0.4, -0.2) is 60.4 Å². The molecule has 0 bridgehead atoms. The van der Waals surface area contributed by atoms with E-state index in [0.717, 1.165) is 71.4 Å². The summed E-state index contributed by atoms with van der Waals surface area (Å²) in [6, 6.07) is 0.243. The Kier molecular flexibility index (Phi) is 7.98. The summed E-state index contributed by atoms with van der Waals surface area (Å²) in [5.41, 5.74) is -0.758. The number of aliphatic hydroxyl groups is 1. The number of hydrogen-bond donors (Lipinski definition) is 2. The van der Waals surface area contributed by atoms with Crippen molar-refractivity contribution < 1.29 is 14.6 Å². The molecule has 0 spiro atoms. The summed E-state index contributed by atoms with van der Waals surface area (Å²) in [4.78, 5) is 14.8. The first-order valence-corrected chi connectivity index (χ1v) is 9.84. The summed E-state index contributed by atoms with van der Waals surface area (Å²) in [7, 11) is 0. The molecule has 0 aromatic carbocycles. The first-order chi connectivity index (χ1) is 11.5. The van der Waals surface area contributed by atoms with Gasteiger partial charge in [-0.3, -0.25) is 4.79 Å². The summed E-state index contributed by atoms with van der Waals surface area (Å²) >= 11 is 0. The minimum absolute atomic E-state index is 0.0287. The number of rotatable bonds is 8. The van der Waals surface area contributed by atoms with Crippen molar-refractivity contribution in [1.82, 2.24) is 10.2 Å². The van der Waals surface area contributed by atoms with E-state index in [2.05, 4.69) is 17.1 Å². The van der Waals surface area contributed by atoms with Gasteiger partial charge < -0.3 is 20.1 Å². The Labute approximate surface area is 147 Å². The first-order valence-electron chi connectivity index (χ1n) is 9.84. The van der Waals surface area contributed by atoms with Crippen molar-refractivity contribution >= 4 is 5.91 Å². The minimum Gasteiger partial charge on any atom is -0.389 e. The predicted octanol–water partition coefficient (Wildman–Crippen LogP) is 2.32. The molecular weight excluding hydrogens is 304 g/mol. The molecule has 0 radical (unpaired) electrons. The number of amides is 1. The Bertz CT molecular complexity index is 383. The highest BCUT2D eigenvalue weighted by molar-refractivity contribution is 5.77. The molecular formula is C19H36N2O3. The van der Waals surface area contributed by atoms with Crippen molar-refractivity contribution in [1.29, 1.82) is 0 Å². The van der Waals surface area contributed by atoms with E-state index < -0.39 is 5.60 Å². The normalized spacial score (nSPS) is 27.8. The lowest BCUT2D eigenvalue weighted by molar-refractivity contribution is -0.128. The maximum Gasteiger partial charge on any atom is 0.223 e. The quantitative estimate of drug-likeness (QED) is 0.666. The third-order valence-corrected chi connectivity index (χ3v) is 5.58. The molecule has 140 valence electrons. The van der Waals surface area contributed by atoms with Gasteiger partial charge in [0.15, 0.2) is 0 Å². The Morgan fingerprint density at radius 3 is 2.75 bits per heavy atom. The fourth-order valence-corrected chi connectivity index (χ4v) is 4.13. The summed E-state index contributed by atoms with van der Waals surface area (Å²) in [5, 5.41) is 13.7. The molecule has 2 N–H and O–H groups in total. The first kappa shape index (κ1) is 19.7. The molecule has 2 rings (SSSR count). The van der Waals surface area contributed by atoms with Gasteiger partial charge >= 0.3 is 0 Å². The van der Waals surface area contributed by atoms with E-state index in [4.69, 9.17) is 4.74 Å². The molecule has 1 aliphatic carbocycles. The highest BCUT2D eigenvalue weighted by Crippen LogP contribution is 2.31. The van der Waals surface area contributed by atoms with Crippen LogP contribution in [-0.2, 0) is 9.53 Å². The van der Waals surface area contributed by atoms with Crippen molar-refractivity contribution in [3.05, 3.63) is 0 Å². The Morgan fingerprint density at radius 2 is 2.08 bits per heavy atom. The van der Waals surface area contributed by atoms with E-state index in [9.17, 15) is 9.90 Å². The second kappa shape index (κ2) is 9.73. The lowest BCUT2D eigenvalue weighted by atomic mass is 9.82. The fraction of sp³-hybridized carbons (Fsp3) is 0.947. The van der Waals surface area contributed by atoms with Crippen LogP contribution in [0.5, 0.6) is 0 Å². The van der Waals surface area contributed by atoms with Gasteiger partial charge in [0.2, 0.25) is 5.91 Å². The van der Waals surface area contributed by atoms with Crippen molar-refractivity contribution in [2.75, 3.05) is 32.8 Å². The topological polar surface area (TPSA) is 61.8 Å². The molecule has 2 fully saturated rings. The maximum absolute atomic E-state index is 12.4. The lowest BCUT2D eigenvalue weighted by Gasteiger charge is -2.38. The monoisotopic (exact) mass is 340 g/mol. The van der Waals surface area contributed by atoms with Gasteiger partial charge in [-0.05, 0) is 38.5 Å². The van der Waals surface area contributed by atoms with Gasteiger partial charge in [-0.25, -0.2) is 0 Å². The number of ether oxygens (including phenoxy) is 1. The largest absolute Gasteiger partial charge is 0.389 e. The highest BCUT2D eigenvalue weighted by atomic mass is 16.5. The SMILES string of the molecule is CCOCCCN1CCC(NC(=O)CC2(O)CCCCC2)C(C)C1. The van der Waals surface area contributed by atoms with E-state index in [-0.39, 0.29) is 18.4 Å². The highest BCUT2D eigenvalue weighted by Gasteiger charge is 2.33. The second-order valence-corrected chi connectivity index (χ2v) is 7.75. The molecule has 2 unspecified atom stereocenters. The van der Waals surface area contributed by atoms with Gasteiger partial charge in [-0.2, -0.15) is 0 Å². The summed E-state index contributed by atoms with van der Waals surface area (Å²) in [6.45, 7) is 9.00. The molecule has 5 heteroatoms. The van der Waals surface area contributed by atoms with Crippen molar-refractivity contribution in [3.63, 3.8) is 0 Å². The number of nitrogens with one attached hydrogen (secondary N) is 1. The molecule has 1 amide bonds. The van der Waals surface area contributed by atoms with Gasteiger partial charge in [-0.1, -0.05) is 26.2 Å². The number of piperidine rings is 1. The number of carbonyl (C=O) groups excluding carboxylic acids is 1. The third-order valence-electron chi connectivity index (χ3n) is 5.58. The smallest absolute Gasteiger partial charge is 0.223 e. The zero-order valence-electron chi connectivity index (χ0n) is 15.6. The van der Waals surface area contributed by atoms with Crippen LogP contribution in [0.25, 0.3) is 0 Å². The van der Waals surface area contributed by atoms with Gasteiger partial charge in [0, 0.05) is 38.9 Å². The zero-order valence-corrected chi connectivity index (χ0v) is 15.6. The van der Waals surface area contributed by atoms with Crippen LogP contribution in [0.4, 0.5) is 0 Å². The number of nitrogens with zero attached hydrogens (tertiary/aromatic N) is 1. The molecule has 1 aliphatic heterocycles. The average molecular weight is 341 g/mol. The molecule has 1 heterocycles. The Hall–Kier alpha value is -0.650. The molecule has 0 aromatic rings. The molecule has 2 atom stereocenters. The van der Waals surface area contributed by atoms with Crippen LogP contribution in [0.2, 0.25) is 0 Å². The average Bonchev–Trinajstić information content (AvgIpc) is 2.54. The van der Waals surface area contributed by atoms with E-state index >= 15 is 0 Å². The van der Waals surface area contributed by atoms with Gasteiger partial charge in [0.1, 0.15) is 0 Å². The lowest BCUT2D eigenvalue weighted by Crippen LogP contribution is -2.51. The van der Waals surface area contributed by atoms with Crippen LogP contribution in [0.15, 0.2) is 0 Å². The van der Waals surface area contributed by atoms with Crippen molar-refractivity contribution in [3.8, 4) is 0 Å². The van der Waals surface area contributed by atoms with E-state index in [1.54, 1.807) is 0 Å². The molecule has 1 saturated heterocycles. The van der Waals surface area contributed by atoms with E-state index in [1.165, 1.54) is 6.42 Å². The van der Waals surface area contributed by atoms with Gasteiger partial charge in [0.05, 0.1) is 12.0 Å². The molecule has 1 saturated carbocycles. The number of likely N-dealkylation sites (tertiary alicyclic amines) is 1.